The van der Waals surface area contributed by atoms with Gasteiger partial charge in [-0.05, 0) is 42.7 Å². The van der Waals surface area contributed by atoms with Crippen molar-refractivity contribution in [1.29, 1.82) is 0 Å². The number of hydrogen-bond acceptors (Lipinski definition) is 5. The molecule has 0 spiro atoms. The molecular weight excluding hydrogens is 441 g/mol. The number of nitro groups is 1. The molecule has 1 saturated carbocycles. The van der Waals surface area contributed by atoms with E-state index in [0.29, 0.717) is 17.5 Å². The van der Waals surface area contributed by atoms with Crippen LogP contribution in [0.2, 0.25) is 0 Å². The fraction of sp³-hybridized carbons (Fsp3) is 0.632. The molecule has 1 aromatic rings. The number of rotatable bonds is 6. The maximum atomic E-state index is 12.5. The van der Waals surface area contributed by atoms with E-state index in [0.717, 1.165) is 19.3 Å². The van der Waals surface area contributed by atoms with Crippen molar-refractivity contribution in [1.82, 2.24) is 5.32 Å². The zero-order valence-corrected chi connectivity index (χ0v) is 18.8. The summed E-state index contributed by atoms with van der Waals surface area (Å²) in [5, 5.41) is 16.2. The number of nitrogens with one attached hydrogen (secondary N) is 2. The third-order valence-corrected chi connectivity index (χ3v) is 5.85. The van der Waals surface area contributed by atoms with Gasteiger partial charge in [0.1, 0.15) is 12.3 Å². The van der Waals surface area contributed by atoms with E-state index >= 15 is 0 Å². The molecule has 1 aliphatic rings. The highest BCUT2D eigenvalue weighted by Gasteiger charge is 2.37. The van der Waals surface area contributed by atoms with Gasteiger partial charge >= 0.3 is 6.09 Å². The van der Waals surface area contributed by atoms with Crippen LogP contribution in [0.25, 0.3) is 0 Å². The van der Waals surface area contributed by atoms with Crippen molar-refractivity contribution >= 4 is 52.3 Å². The molecule has 162 valence electrons. The Kier molecular flexibility index (Phi) is 8.26. The molecule has 0 unspecified atom stereocenters. The van der Waals surface area contributed by atoms with E-state index in [9.17, 15) is 14.9 Å². The number of halogens is 3. The van der Waals surface area contributed by atoms with Crippen LogP contribution >= 0.6 is 34.8 Å². The highest BCUT2D eigenvalue weighted by molar-refractivity contribution is 6.68. The Morgan fingerprint density at radius 3 is 2.38 bits per heavy atom. The van der Waals surface area contributed by atoms with Gasteiger partial charge in [-0.1, -0.05) is 62.0 Å². The number of anilines is 1. The normalized spacial score (nSPS) is 23.3. The summed E-state index contributed by atoms with van der Waals surface area (Å²) in [5.41, 5.74) is 0.373. The van der Waals surface area contributed by atoms with Gasteiger partial charge in [-0.2, -0.15) is 0 Å². The quantitative estimate of drug-likeness (QED) is 0.236. The molecule has 1 aliphatic carbocycles. The molecule has 4 atom stereocenters. The molecular formula is C19H26Cl3N3O4. The molecule has 29 heavy (non-hydrogen) atoms. The van der Waals surface area contributed by atoms with Crippen molar-refractivity contribution in [3.05, 3.63) is 34.4 Å². The van der Waals surface area contributed by atoms with Crippen molar-refractivity contribution < 1.29 is 14.5 Å². The Bertz CT molecular complexity index is 710. The Morgan fingerprint density at radius 1 is 1.24 bits per heavy atom. The zero-order chi connectivity index (χ0) is 21.8. The summed E-state index contributed by atoms with van der Waals surface area (Å²) < 4.78 is 3.82. The maximum absolute atomic E-state index is 12.5. The van der Waals surface area contributed by atoms with Crippen LogP contribution in [0.15, 0.2) is 24.3 Å². The molecule has 1 fully saturated rings. The van der Waals surface area contributed by atoms with Gasteiger partial charge in [0.25, 0.3) is 5.69 Å². The van der Waals surface area contributed by atoms with Crippen LogP contribution in [0.4, 0.5) is 16.2 Å². The van der Waals surface area contributed by atoms with Crippen molar-refractivity contribution in [3.8, 4) is 0 Å². The average Bonchev–Trinajstić information content (AvgIpc) is 2.60. The number of non-ortho nitro benzene ring substituents is 1. The smallest absolute Gasteiger partial charge is 0.409 e. The predicted molar refractivity (Wildman–Crippen MR) is 116 cm³/mol. The SMILES string of the molecule is CC(C)[C@@H]1CC[C@H](C)C[C@H]1OC(=O)N[C@H](Nc1ccc([N+](=O)[O-])cc1)C(Cl)(Cl)Cl. The highest BCUT2D eigenvalue weighted by Crippen LogP contribution is 2.36. The van der Waals surface area contributed by atoms with Gasteiger partial charge in [-0.3, -0.25) is 15.4 Å². The molecule has 2 N–H and O–H groups in total. The lowest BCUT2D eigenvalue weighted by molar-refractivity contribution is -0.384. The third kappa shape index (κ3) is 7.08. The van der Waals surface area contributed by atoms with Crippen molar-refractivity contribution in [3.63, 3.8) is 0 Å². The summed E-state index contributed by atoms with van der Waals surface area (Å²) in [6.45, 7) is 6.38. The van der Waals surface area contributed by atoms with E-state index in [2.05, 4.69) is 31.4 Å². The van der Waals surface area contributed by atoms with E-state index in [-0.39, 0.29) is 17.7 Å². The maximum Gasteiger partial charge on any atom is 0.409 e. The third-order valence-electron chi connectivity index (χ3n) is 5.20. The van der Waals surface area contributed by atoms with Crippen molar-refractivity contribution in [2.75, 3.05) is 5.32 Å². The summed E-state index contributed by atoms with van der Waals surface area (Å²) >= 11 is 18.0. The largest absolute Gasteiger partial charge is 0.446 e. The van der Waals surface area contributed by atoms with Gasteiger partial charge in [-0.15, -0.1) is 0 Å². The summed E-state index contributed by atoms with van der Waals surface area (Å²) in [5.74, 6) is 1.15. The van der Waals surface area contributed by atoms with E-state index in [1.54, 1.807) is 0 Å². The predicted octanol–water partition coefficient (Wildman–Crippen LogP) is 5.89. The van der Waals surface area contributed by atoms with Gasteiger partial charge < -0.3 is 10.1 Å². The lowest BCUT2D eigenvalue weighted by atomic mass is 9.75. The van der Waals surface area contributed by atoms with Crippen LogP contribution in [-0.2, 0) is 4.74 Å². The van der Waals surface area contributed by atoms with Crippen LogP contribution in [0.5, 0.6) is 0 Å². The number of carbonyl (C=O) groups excluding carboxylic acids is 1. The number of nitrogens with zero attached hydrogens (tertiary/aromatic N) is 1. The van der Waals surface area contributed by atoms with Gasteiger partial charge in [0, 0.05) is 17.8 Å². The number of alkyl halides is 3. The van der Waals surface area contributed by atoms with Crippen LogP contribution in [0.1, 0.15) is 40.0 Å². The average molecular weight is 467 g/mol. The molecule has 0 heterocycles. The summed E-state index contributed by atoms with van der Waals surface area (Å²) in [6.07, 6.45) is 0.938. The molecule has 1 amide bonds. The second-order valence-electron chi connectivity index (χ2n) is 7.84. The minimum Gasteiger partial charge on any atom is -0.446 e. The van der Waals surface area contributed by atoms with Crippen molar-refractivity contribution in [2.45, 2.75) is 56.1 Å². The molecule has 1 aromatic carbocycles. The topological polar surface area (TPSA) is 93.5 Å². The summed E-state index contributed by atoms with van der Waals surface area (Å²) in [4.78, 5) is 22.8. The summed E-state index contributed by atoms with van der Waals surface area (Å²) in [7, 11) is 0. The second kappa shape index (κ2) is 10.0. The summed E-state index contributed by atoms with van der Waals surface area (Å²) in [6, 6.07) is 5.55. The fourth-order valence-corrected chi connectivity index (χ4v) is 3.91. The highest BCUT2D eigenvalue weighted by atomic mass is 35.6. The standard InChI is InChI=1S/C19H26Cl3N3O4/c1-11(2)15-9-4-12(3)10-16(15)29-18(26)24-17(19(20,21)22)23-13-5-7-14(8-6-13)25(27)28/h5-8,11-12,15-17,23H,4,9-10H2,1-3H3,(H,24,26)/t12-,15-,16+,17-/m0/s1. The van der Waals surface area contributed by atoms with Crippen LogP contribution < -0.4 is 10.6 Å². The number of hydrogen-bond donors (Lipinski definition) is 2. The van der Waals surface area contributed by atoms with E-state index in [4.69, 9.17) is 39.5 Å². The minimum atomic E-state index is -1.88. The number of ether oxygens (including phenoxy) is 1. The van der Waals surface area contributed by atoms with Crippen LogP contribution in [0, 0.1) is 27.9 Å². The fourth-order valence-electron chi connectivity index (χ4n) is 3.59. The Morgan fingerprint density at radius 2 is 1.86 bits per heavy atom. The first kappa shape index (κ1) is 23.8. The first-order valence-electron chi connectivity index (χ1n) is 9.52. The Labute approximate surface area is 185 Å². The molecule has 0 radical (unpaired) electrons. The van der Waals surface area contributed by atoms with Crippen LogP contribution in [-0.4, -0.2) is 27.1 Å². The number of amides is 1. The molecule has 7 nitrogen and oxygen atoms in total. The number of benzene rings is 1. The van der Waals surface area contributed by atoms with Gasteiger partial charge in [0.2, 0.25) is 3.79 Å². The molecule has 10 heteroatoms. The Hall–Kier alpha value is -1.44. The lowest BCUT2D eigenvalue weighted by Crippen LogP contribution is -2.50. The minimum absolute atomic E-state index is 0.0699. The number of alkyl carbamates (subject to hydrolysis) is 1. The number of nitro benzene ring substituents is 1. The van der Waals surface area contributed by atoms with Crippen molar-refractivity contribution in [2.24, 2.45) is 17.8 Å². The first-order chi connectivity index (χ1) is 13.5. The molecule has 0 saturated heterocycles. The van der Waals surface area contributed by atoms with Gasteiger partial charge in [-0.25, -0.2) is 4.79 Å². The van der Waals surface area contributed by atoms with Gasteiger partial charge in [0.15, 0.2) is 0 Å². The first-order valence-corrected chi connectivity index (χ1v) is 10.7. The number of carbonyl (C=O) groups is 1. The molecule has 0 aromatic heterocycles. The molecule has 0 bridgehead atoms. The Balaban J connectivity index is 2.05. The second-order valence-corrected chi connectivity index (χ2v) is 10.2. The van der Waals surface area contributed by atoms with Gasteiger partial charge in [0.05, 0.1) is 4.92 Å². The zero-order valence-electron chi connectivity index (χ0n) is 16.5. The van der Waals surface area contributed by atoms with E-state index < -0.39 is 21.0 Å². The van der Waals surface area contributed by atoms with E-state index in [1.807, 2.05) is 0 Å². The molecule has 0 aliphatic heterocycles. The molecule has 2 rings (SSSR count). The monoisotopic (exact) mass is 465 g/mol. The van der Waals surface area contributed by atoms with Crippen LogP contribution in [0.3, 0.4) is 0 Å². The lowest BCUT2D eigenvalue weighted by Gasteiger charge is -2.37. The van der Waals surface area contributed by atoms with E-state index in [1.165, 1.54) is 24.3 Å².